The second-order valence-corrected chi connectivity index (χ2v) is 5.35. The number of benzene rings is 1. The van der Waals surface area contributed by atoms with Crippen LogP contribution in [0.1, 0.15) is 12.0 Å². The highest BCUT2D eigenvalue weighted by molar-refractivity contribution is 6.35. The lowest BCUT2D eigenvalue weighted by Gasteiger charge is -2.11. The Morgan fingerprint density at radius 3 is 2.89 bits per heavy atom. The molecule has 0 spiro atoms. The van der Waals surface area contributed by atoms with Gasteiger partial charge in [-0.2, -0.15) is 0 Å². The molecule has 0 saturated heterocycles. The van der Waals surface area contributed by atoms with Crippen LogP contribution in [0.5, 0.6) is 0 Å². The fraction of sp³-hybridized carbons (Fsp3) is 0.400. The zero-order valence-corrected chi connectivity index (χ0v) is 12.2. The number of rotatable bonds is 6. The van der Waals surface area contributed by atoms with Crippen molar-refractivity contribution in [2.24, 2.45) is 0 Å². The van der Waals surface area contributed by atoms with E-state index in [1.165, 1.54) is 5.56 Å². The number of nitrogens with one attached hydrogen (secondary N) is 1. The number of hydrogen-bond donors (Lipinski definition) is 1. The monoisotopic (exact) mass is 277 g/mol. The molecule has 2 aromatic rings. The molecule has 0 unspecified atom stereocenters. The summed E-state index contributed by atoms with van der Waals surface area (Å²) in [5, 5.41) is 5.25. The first-order valence-corrected chi connectivity index (χ1v) is 6.94. The molecule has 0 amide bonds. The summed E-state index contributed by atoms with van der Waals surface area (Å²) in [7, 11) is 4.19. The molecule has 0 fully saturated rings. The van der Waals surface area contributed by atoms with Gasteiger partial charge in [-0.05, 0) is 57.4 Å². The van der Waals surface area contributed by atoms with Crippen molar-refractivity contribution in [3.63, 3.8) is 0 Å². The molecule has 1 aromatic carbocycles. The van der Waals surface area contributed by atoms with Crippen molar-refractivity contribution < 1.29 is 0 Å². The van der Waals surface area contributed by atoms with Crippen LogP contribution in [-0.2, 0) is 6.54 Å². The average Bonchev–Trinajstić information content (AvgIpc) is 2.41. The topological polar surface area (TPSA) is 28.2 Å². The van der Waals surface area contributed by atoms with Crippen LogP contribution in [0, 0.1) is 0 Å². The Labute approximate surface area is 119 Å². The molecule has 19 heavy (non-hydrogen) atoms. The maximum Gasteiger partial charge on any atom is 0.0761 e. The van der Waals surface area contributed by atoms with Gasteiger partial charge in [-0.15, -0.1) is 0 Å². The summed E-state index contributed by atoms with van der Waals surface area (Å²) in [5.41, 5.74) is 2.19. The first-order chi connectivity index (χ1) is 9.18. The minimum atomic E-state index is 0.763. The average molecular weight is 278 g/mol. The van der Waals surface area contributed by atoms with Crippen LogP contribution in [0.4, 0.5) is 0 Å². The lowest BCUT2D eigenvalue weighted by molar-refractivity contribution is 0.394. The zero-order valence-electron chi connectivity index (χ0n) is 11.5. The third-order valence-electron chi connectivity index (χ3n) is 3.07. The van der Waals surface area contributed by atoms with Crippen molar-refractivity contribution in [2.45, 2.75) is 13.0 Å². The maximum absolute atomic E-state index is 6.18. The first kappa shape index (κ1) is 14.3. The maximum atomic E-state index is 6.18. The van der Waals surface area contributed by atoms with Gasteiger partial charge in [-0.3, -0.25) is 4.98 Å². The van der Waals surface area contributed by atoms with Gasteiger partial charge >= 0.3 is 0 Å². The van der Waals surface area contributed by atoms with Gasteiger partial charge in [0.15, 0.2) is 0 Å². The predicted molar refractivity (Wildman–Crippen MR) is 81.6 cm³/mol. The van der Waals surface area contributed by atoms with Gasteiger partial charge in [0.2, 0.25) is 0 Å². The fourth-order valence-corrected chi connectivity index (χ4v) is 2.30. The van der Waals surface area contributed by atoms with Crippen molar-refractivity contribution in [3.05, 3.63) is 41.0 Å². The molecule has 1 N–H and O–H groups in total. The van der Waals surface area contributed by atoms with E-state index in [0.29, 0.717) is 0 Å². The third kappa shape index (κ3) is 3.90. The van der Waals surface area contributed by atoms with Crippen LogP contribution in [0.25, 0.3) is 10.9 Å². The second kappa shape index (κ2) is 6.85. The highest BCUT2D eigenvalue weighted by Gasteiger charge is 2.05. The number of pyridine rings is 1. The Hall–Kier alpha value is -1.16. The lowest BCUT2D eigenvalue weighted by Crippen LogP contribution is -2.21. The summed E-state index contributed by atoms with van der Waals surface area (Å²) in [6, 6.07) is 7.93. The number of nitrogens with zero attached hydrogens (tertiary/aromatic N) is 2. The number of hydrogen-bond acceptors (Lipinski definition) is 3. The summed E-state index contributed by atoms with van der Waals surface area (Å²) in [6.45, 7) is 2.94. The van der Waals surface area contributed by atoms with Gasteiger partial charge in [-0.25, -0.2) is 0 Å². The SMILES string of the molecule is CN(C)CCCNCc1ccc(Cl)c2cccnc12. The molecule has 4 heteroatoms. The van der Waals surface area contributed by atoms with Crippen LogP contribution in [0.2, 0.25) is 5.02 Å². The molecule has 0 radical (unpaired) electrons. The predicted octanol–water partition coefficient (Wildman–Crippen LogP) is 2.93. The van der Waals surface area contributed by atoms with E-state index in [0.717, 1.165) is 42.0 Å². The molecule has 2 rings (SSSR count). The lowest BCUT2D eigenvalue weighted by atomic mass is 10.1. The van der Waals surface area contributed by atoms with Gasteiger partial charge in [0.1, 0.15) is 0 Å². The standard InChI is InChI=1S/C15H20ClN3/c1-19(2)10-4-8-17-11-12-6-7-14(16)13-5-3-9-18-15(12)13/h3,5-7,9,17H,4,8,10-11H2,1-2H3. The molecular weight excluding hydrogens is 258 g/mol. The minimum Gasteiger partial charge on any atom is -0.313 e. The van der Waals surface area contributed by atoms with Gasteiger partial charge in [0.25, 0.3) is 0 Å². The van der Waals surface area contributed by atoms with Crippen LogP contribution in [0.3, 0.4) is 0 Å². The zero-order chi connectivity index (χ0) is 13.7. The number of halogens is 1. The van der Waals surface area contributed by atoms with Gasteiger partial charge in [-0.1, -0.05) is 17.7 Å². The van der Waals surface area contributed by atoms with Gasteiger partial charge in [0.05, 0.1) is 5.52 Å². The summed E-state index contributed by atoms with van der Waals surface area (Å²) >= 11 is 6.18. The number of aromatic nitrogens is 1. The van der Waals surface area contributed by atoms with E-state index < -0.39 is 0 Å². The molecule has 0 aliphatic rings. The Morgan fingerprint density at radius 1 is 1.26 bits per heavy atom. The molecule has 1 aromatic heterocycles. The molecule has 0 aliphatic carbocycles. The second-order valence-electron chi connectivity index (χ2n) is 4.94. The van der Waals surface area contributed by atoms with Crippen LogP contribution < -0.4 is 5.32 Å². The van der Waals surface area contributed by atoms with Crippen molar-refractivity contribution in [1.82, 2.24) is 15.2 Å². The van der Waals surface area contributed by atoms with E-state index in [4.69, 9.17) is 11.6 Å². The molecule has 3 nitrogen and oxygen atoms in total. The van der Waals surface area contributed by atoms with Crippen LogP contribution in [-0.4, -0.2) is 37.1 Å². The molecule has 0 aliphatic heterocycles. The van der Waals surface area contributed by atoms with Crippen molar-refractivity contribution >= 4 is 22.5 Å². The van der Waals surface area contributed by atoms with Crippen molar-refractivity contribution in [3.8, 4) is 0 Å². The summed E-state index contributed by atoms with van der Waals surface area (Å²) in [4.78, 5) is 6.63. The quantitative estimate of drug-likeness (QED) is 0.823. The summed E-state index contributed by atoms with van der Waals surface area (Å²) in [5.74, 6) is 0. The minimum absolute atomic E-state index is 0.763. The third-order valence-corrected chi connectivity index (χ3v) is 3.40. The highest BCUT2D eigenvalue weighted by Crippen LogP contribution is 2.24. The highest BCUT2D eigenvalue weighted by atomic mass is 35.5. The summed E-state index contributed by atoms with van der Waals surface area (Å²) in [6.07, 6.45) is 2.96. The Bertz CT molecular complexity index is 540. The van der Waals surface area contributed by atoms with E-state index in [9.17, 15) is 0 Å². The Kier molecular flexibility index (Phi) is 5.14. The van der Waals surface area contributed by atoms with E-state index >= 15 is 0 Å². The first-order valence-electron chi connectivity index (χ1n) is 6.56. The normalized spacial score (nSPS) is 11.4. The molecule has 0 saturated carbocycles. The smallest absolute Gasteiger partial charge is 0.0761 e. The fourth-order valence-electron chi connectivity index (χ4n) is 2.08. The number of fused-ring (bicyclic) bond motifs is 1. The van der Waals surface area contributed by atoms with E-state index in [2.05, 4.69) is 35.4 Å². The van der Waals surface area contributed by atoms with Crippen LogP contribution in [0.15, 0.2) is 30.5 Å². The molecule has 0 bridgehead atoms. The summed E-state index contributed by atoms with van der Waals surface area (Å²) < 4.78 is 0. The van der Waals surface area contributed by atoms with Crippen molar-refractivity contribution in [1.29, 1.82) is 0 Å². The van der Waals surface area contributed by atoms with E-state index in [-0.39, 0.29) is 0 Å². The van der Waals surface area contributed by atoms with Crippen molar-refractivity contribution in [2.75, 3.05) is 27.2 Å². The molecule has 102 valence electrons. The van der Waals surface area contributed by atoms with Gasteiger partial charge in [0, 0.05) is 23.2 Å². The molecule has 1 heterocycles. The van der Waals surface area contributed by atoms with E-state index in [1.807, 2.05) is 24.4 Å². The van der Waals surface area contributed by atoms with E-state index in [1.54, 1.807) is 0 Å². The molecule has 0 atom stereocenters. The molecular formula is C15H20ClN3. The largest absolute Gasteiger partial charge is 0.313 e. The van der Waals surface area contributed by atoms with Crippen LogP contribution >= 0.6 is 11.6 Å². The Morgan fingerprint density at radius 2 is 2.11 bits per heavy atom. The van der Waals surface area contributed by atoms with Gasteiger partial charge < -0.3 is 10.2 Å². The Balaban J connectivity index is 1.99.